The van der Waals surface area contributed by atoms with Crippen LogP contribution < -0.4 is 14.9 Å². The van der Waals surface area contributed by atoms with E-state index in [0.29, 0.717) is 24.7 Å². The van der Waals surface area contributed by atoms with Gasteiger partial charge in [-0.2, -0.15) is 5.10 Å². The van der Waals surface area contributed by atoms with E-state index in [0.717, 1.165) is 11.1 Å². The monoisotopic (exact) mass is 396 g/mol. The maximum atomic E-state index is 6.08. The van der Waals surface area contributed by atoms with Crippen molar-refractivity contribution in [1.82, 2.24) is 5.43 Å². The first-order valence-corrected chi connectivity index (χ1v) is 9.91. The second-order valence-corrected chi connectivity index (χ2v) is 6.92. The predicted octanol–water partition coefficient (Wildman–Crippen LogP) is 5.55. The summed E-state index contributed by atoms with van der Waals surface area (Å²) < 4.78 is 11.6. The van der Waals surface area contributed by atoms with Crippen molar-refractivity contribution < 1.29 is 9.47 Å². The Morgan fingerprint density at radius 2 is 1.63 bits per heavy atom. The SMILES string of the molecule is COc1cc(C=NNCc2ccccc2)ccc1OCc1cccc2ccccc12. The highest BCUT2D eigenvalue weighted by Gasteiger charge is 2.07. The Labute approximate surface area is 176 Å². The van der Waals surface area contributed by atoms with Crippen LogP contribution in [0.3, 0.4) is 0 Å². The van der Waals surface area contributed by atoms with E-state index in [-0.39, 0.29) is 0 Å². The number of hydrogen-bond acceptors (Lipinski definition) is 4. The summed E-state index contributed by atoms with van der Waals surface area (Å²) in [6.45, 7) is 1.16. The third-order valence-corrected chi connectivity index (χ3v) is 4.88. The molecule has 0 aliphatic rings. The van der Waals surface area contributed by atoms with Gasteiger partial charge in [0, 0.05) is 0 Å². The van der Waals surface area contributed by atoms with Crippen molar-refractivity contribution in [2.45, 2.75) is 13.2 Å². The molecule has 0 aliphatic carbocycles. The Kier molecular flexibility index (Phi) is 6.25. The molecule has 4 nitrogen and oxygen atoms in total. The van der Waals surface area contributed by atoms with E-state index in [1.54, 1.807) is 13.3 Å². The fourth-order valence-electron chi connectivity index (χ4n) is 3.31. The van der Waals surface area contributed by atoms with Gasteiger partial charge in [-0.3, -0.25) is 0 Å². The number of rotatable bonds is 8. The van der Waals surface area contributed by atoms with Crippen molar-refractivity contribution in [2.75, 3.05) is 7.11 Å². The Bertz CT molecular complexity index is 1130. The number of fused-ring (bicyclic) bond motifs is 1. The standard InChI is InChI=1S/C26H24N2O2/c1-29-26-16-21(18-28-27-17-20-8-3-2-4-9-20)14-15-25(26)30-19-23-12-7-11-22-10-5-6-13-24(22)23/h2-16,18,27H,17,19H2,1H3. The first-order valence-electron chi connectivity index (χ1n) is 9.91. The molecule has 1 N–H and O–H groups in total. The van der Waals surface area contributed by atoms with Crippen molar-refractivity contribution in [1.29, 1.82) is 0 Å². The largest absolute Gasteiger partial charge is 0.493 e. The molecule has 0 fully saturated rings. The molecule has 4 rings (SSSR count). The van der Waals surface area contributed by atoms with E-state index < -0.39 is 0 Å². The minimum Gasteiger partial charge on any atom is -0.493 e. The molecule has 30 heavy (non-hydrogen) atoms. The van der Waals surface area contributed by atoms with Crippen molar-refractivity contribution in [3.8, 4) is 11.5 Å². The molecule has 0 atom stereocenters. The highest BCUT2D eigenvalue weighted by Crippen LogP contribution is 2.29. The molecular formula is C26H24N2O2. The van der Waals surface area contributed by atoms with Gasteiger partial charge in [-0.25, -0.2) is 0 Å². The van der Waals surface area contributed by atoms with Crippen LogP contribution in [0.1, 0.15) is 16.7 Å². The van der Waals surface area contributed by atoms with Gasteiger partial charge in [0.05, 0.1) is 19.9 Å². The lowest BCUT2D eigenvalue weighted by molar-refractivity contribution is 0.285. The summed E-state index contributed by atoms with van der Waals surface area (Å²) in [5, 5.41) is 6.71. The van der Waals surface area contributed by atoms with Crippen LogP contribution in [-0.2, 0) is 13.2 Å². The molecule has 0 saturated heterocycles. The topological polar surface area (TPSA) is 42.8 Å². The van der Waals surface area contributed by atoms with Crippen LogP contribution in [0.2, 0.25) is 0 Å². The van der Waals surface area contributed by atoms with E-state index >= 15 is 0 Å². The van der Waals surface area contributed by atoms with E-state index in [1.807, 2.05) is 48.5 Å². The van der Waals surface area contributed by atoms with Gasteiger partial charge >= 0.3 is 0 Å². The summed E-state index contributed by atoms with van der Waals surface area (Å²) in [7, 11) is 1.65. The molecule has 0 amide bonds. The molecule has 0 heterocycles. The summed E-state index contributed by atoms with van der Waals surface area (Å²) in [5.74, 6) is 1.39. The zero-order chi connectivity index (χ0) is 20.6. The molecule has 0 saturated carbocycles. The third kappa shape index (κ3) is 4.78. The number of hydrogen-bond donors (Lipinski definition) is 1. The van der Waals surface area contributed by atoms with Crippen LogP contribution in [0.15, 0.2) is 96.1 Å². The fraction of sp³-hybridized carbons (Fsp3) is 0.115. The normalized spacial score (nSPS) is 11.0. The minimum atomic E-state index is 0.476. The minimum absolute atomic E-state index is 0.476. The van der Waals surface area contributed by atoms with Gasteiger partial charge in [0.25, 0.3) is 0 Å². The maximum absolute atomic E-state index is 6.08. The van der Waals surface area contributed by atoms with Crippen LogP contribution in [0, 0.1) is 0 Å². The van der Waals surface area contributed by atoms with Crippen LogP contribution in [0.4, 0.5) is 0 Å². The lowest BCUT2D eigenvalue weighted by Crippen LogP contribution is -2.05. The molecule has 0 bridgehead atoms. The average molecular weight is 396 g/mol. The molecule has 0 spiro atoms. The molecule has 150 valence electrons. The summed E-state index contributed by atoms with van der Waals surface area (Å²) in [6.07, 6.45) is 1.78. The Hall–Kier alpha value is -3.79. The highest BCUT2D eigenvalue weighted by atomic mass is 16.5. The number of nitrogens with one attached hydrogen (secondary N) is 1. The zero-order valence-electron chi connectivity index (χ0n) is 16.9. The molecule has 0 aromatic heterocycles. The molecule has 0 unspecified atom stereocenters. The van der Waals surface area contributed by atoms with Crippen LogP contribution in [0.5, 0.6) is 11.5 Å². The summed E-state index contributed by atoms with van der Waals surface area (Å²) >= 11 is 0. The molecule has 4 heteroatoms. The number of ether oxygens (including phenoxy) is 2. The predicted molar refractivity (Wildman–Crippen MR) is 122 cm³/mol. The molecule has 4 aromatic carbocycles. The first-order chi connectivity index (χ1) is 14.8. The van der Waals surface area contributed by atoms with Crippen LogP contribution in [-0.4, -0.2) is 13.3 Å². The van der Waals surface area contributed by atoms with Gasteiger partial charge < -0.3 is 14.9 Å². The van der Waals surface area contributed by atoms with Crippen molar-refractivity contribution in [3.63, 3.8) is 0 Å². The van der Waals surface area contributed by atoms with Gasteiger partial charge in [0.1, 0.15) is 6.61 Å². The van der Waals surface area contributed by atoms with Gasteiger partial charge in [0.15, 0.2) is 11.5 Å². The number of nitrogens with zero attached hydrogens (tertiary/aromatic N) is 1. The fourth-order valence-corrected chi connectivity index (χ4v) is 3.31. The van der Waals surface area contributed by atoms with Gasteiger partial charge in [-0.15, -0.1) is 0 Å². The first kappa shape index (κ1) is 19.5. The maximum Gasteiger partial charge on any atom is 0.161 e. The Balaban J connectivity index is 1.41. The summed E-state index contributed by atoms with van der Waals surface area (Å²) in [5.41, 5.74) is 6.33. The third-order valence-electron chi connectivity index (χ3n) is 4.88. The second-order valence-electron chi connectivity index (χ2n) is 6.92. The molecule has 0 aliphatic heterocycles. The Morgan fingerprint density at radius 3 is 2.50 bits per heavy atom. The van der Waals surface area contributed by atoms with Crippen LogP contribution >= 0.6 is 0 Å². The van der Waals surface area contributed by atoms with E-state index in [1.165, 1.54) is 16.3 Å². The van der Waals surface area contributed by atoms with Crippen molar-refractivity contribution in [3.05, 3.63) is 108 Å². The number of benzene rings is 4. The van der Waals surface area contributed by atoms with E-state index in [4.69, 9.17) is 9.47 Å². The highest BCUT2D eigenvalue weighted by molar-refractivity contribution is 5.85. The smallest absolute Gasteiger partial charge is 0.161 e. The zero-order valence-corrected chi connectivity index (χ0v) is 16.9. The van der Waals surface area contributed by atoms with Crippen LogP contribution in [0.25, 0.3) is 10.8 Å². The number of methoxy groups -OCH3 is 1. The van der Waals surface area contributed by atoms with E-state index in [2.05, 4.69) is 53.0 Å². The number of hydrazone groups is 1. The van der Waals surface area contributed by atoms with Gasteiger partial charge in [-0.05, 0) is 45.7 Å². The average Bonchev–Trinajstić information content (AvgIpc) is 2.81. The quantitative estimate of drug-likeness (QED) is 0.314. The van der Waals surface area contributed by atoms with Crippen molar-refractivity contribution in [2.24, 2.45) is 5.10 Å². The van der Waals surface area contributed by atoms with Gasteiger partial charge in [-0.1, -0.05) is 72.8 Å². The molecule has 0 radical (unpaired) electrons. The second kappa shape index (κ2) is 9.61. The Morgan fingerprint density at radius 1 is 0.833 bits per heavy atom. The summed E-state index contributed by atoms with van der Waals surface area (Å²) in [4.78, 5) is 0. The van der Waals surface area contributed by atoms with Gasteiger partial charge in [0.2, 0.25) is 0 Å². The van der Waals surface area contributed by atoms with E-state index in [9.17, 15) is 0 Å². The summed E-state index contributed by atoms with van der Waals surface area (Å²) in [6, 6.07) is 30.6. The molecule has 4 aromatic rings. The lowest BCUT2D eigenvalue weighted by atomic mass is 10.1. The lowest BCUT2D eigenvalue weighted by Gasteiger charge is -2.12. The molecular weight excluding hydrogens is 372 g/mol. The van der Waals surface area contributed by atoms with Crippen molar-refractivity contribution >= 4 is 17.0 Å².